The first-order valence-electron chi connectivity index (χ1n) is 5.74. The Morgan fingerprint density at radius 3 is 2.74 bits per heavy atom. The van der Waals surface area contributed by atoms with E-state index in [1.165, 1.54) is 12.3 Å². The van der Waals surface area contributed by atoms with Gasteiger partial charge in [0.1, 0.15) is 5.56 Å². The number of nitrogens with zero attached hydrogens (tertiary/aromatic N) is 3. The van der Waals surface area contributed by atoms with Crippen molar-refractivity contribution in [3.05, 3.63) is 30.2 Å². The molecule has 2 aromatic heterocycles. The highest BCUT2D eigenvalue weighted by Gasteiger charge is 2.13. The largest absolute Gasteiger partial charge is 0.435 e. The Bertz CT molecular complexity index is 606. The summed E-state index contributed by atoms with van der Waals surface area (Å²) >= 11 is 0. The van der Waals surface area contributed by atoms with Gasteiger partial charge in [-0.25, -0.2) is 4.98 Å². The van der Waals surface area contributed by atoms with Crippen LogP contribution in [0.1, 0.15) is 30.2 Å². The fourth-order valence-corrected chi connectivity index (χ4v) is 1.49. The molecule has 2 heterocycles. The number of hydrogen-bond acceptors (Lipinski definition) is 5. The predicted octanol–water partition coefficient (Wildman–Crippen LogP) is 1.33. The zero-order chi connectivity index (χ0) is 14.0. The summed E-state index contributed by atoms with van der Waals surface area (Å²) in [6, 6.07) is 1.64. The van der Waals surface area contributed by atoms with Gasteiger partial charge in [-0.3, -0.25) is 9.48 Å². The highest BCUT2D eigenvalue weighted by atomic mass is 16.5. The summed E-state index contributed by atoms with van der Waals surface area (Å²) in [5.41, 5.74) is 11.3. The standard InChI is InChI=1S/C12H15N5O2/c1-7(2)17-6-9(5-16-17)19-12-10(11(14)18)3-8(13)4-15-12/h3-7H,13H2,1-2H3,(H2,14,18). The van der Waals surface area contributed by atoms with Gasteiger partial charge in [-0.05, 0) is 19.9 Å². The van der Waals surface area contributed by atoms with Gasteiger partial charge in [0.25, 0.3) is 5.91 Å². The average molecular weight is 261 g/mol. The molecule has 0 aliphatic carbocycles. The fourth-order valence-electron chi connectivity index (χ4n) is 1.49. The molecule has 2 aromatic rings. The van der Waals surface area contributed by atoms with Crippen molar-refractivity contribution in [1.29, 1.82) is 0 Å². The highest BCUT2D eigenvalue weighted by molar-refractivity contribution is 5.95. The second-order valence-electron chi connectivity index (χ2n) is 4.34. The molecule has 0 saturated heterocycles. The minimum absolute atomic E-state index is 0.116. The summed E-state index contributed by atoms with van der Waals surface area (Å²) in [7, 11) is 0. The van der Waals surface area contributed by atoms with Gasteiger partial charge < -0.3 is 16.2 Å². The molecule has 0 aliphatic rings. The van der Waals surface area contributed by atoms with Crippen molar-refractivity contribution in [2.75, 3.05) is 5.73 Å². The Morgan fingerprint density at radius 2 is 2.16 bits per heavy atom. The molecule has 0 bridgehead atoms. The molecular weight excluding hydrogens is 246 g/mol. The topological polar surface area (TPSA) is 109 Å². The third-order valence-corrected chi connectivity index (χ3v) is 2.46. The van der Waals surface area contributed by atoms with Crippen LogP contribution in [0.4, 0.5) is 5.69 Å². The van der Waals surface area contributed by atoms with Gasteiger partial charge in [-0.15, -0.1) is 0 Å². The number of carbonyl (C=O) groups is 1. The molecule has 19 heavy (non-hydrogen) atoms. The molecule has 0 atom stereocenters. The maximum absolute atomic E-state index is 11.3. The van der Waals surface area contributed by atoms with Crippen LogP contribution in [0.5, 0.6) is 11.6 Å². The minimum atomic E-state index is -0.647. The highest BCUT2D eigenvalue weighted by Crippen LogP contribution is 2.24. The van der Waals surface area contributed by atoms with Crippen molar-refractivity contribution >= 4 is 11.6 Å². The van der Waals surface area contributed by atoms with E-state index in [1.54, 1.807) is 17.1 Å². The number of nitrogens with two attached hydrogens (primary N) is 2. The molecule has 2 rings (SSSR count). The average Bonchev–Trinajstić information content (AvgIpc) is 2.80. The molecule has 4 N–H and O–H groups in total. The van der Waals surface area contributed by atoms with Crippen molar-refractivity contribution < 1.29 is 9.53 Å². The zero-order valence-electron chi connectivity index (χ0n) is 10.7. The molecule has 7 heteroatoms. The molecule has 0 aliphatic heterocycles. The molecule has 0 radical (unpaired) electrons. The number of pyridine rings is 1. The van der Waals surface area contributed by atoms with E-state index < -0.39 is 5.91 Å². The predicted molar refractivity (Wildman–Crippen MR) is 69.9 cm³/mol. The second kappa shape index (κ2) is 4.97. The van der Waals surface area contributed by atoms with Crippen LogP contribution < -0.4 is 16.2 Å². The number of hydrogen-bond donors (Lipinski definition) is 2. The van der Waals surface area contributed by atoms with E-state index in [-0.39, 0.29) is 17.5 Å². The van der Waals surface area contributed by atoms with Crippen LogP contribution in [0.2, 0.25) is 0 Å². The lowest BCUT2D eigenvalue weighted by Crippen LogP contribution is -2.13. The van der Waals surface area contributed by atoms with E-state index in [4.69, 9.17) is 16.2 Å². The van der Waals surface area contributed by atoms with E-state index in [0.717, 1.165) is 0 Å². The fraction of sp³-hybridized carbons (Fsp3) is 0.250. The van der Waals surface area contributed by atoms with Crippen molar-refractivity contribution in [2.24, 2.45) is 5.73 Å². The van der Waals surface area contributed by atoms with Gasteiger partial charge in [0, 0.05) is 6.04 Å². The third kappa shape index (κ3) is 2.82. The number of aromatic nitrogens is 3. The van der Waals surface area contributed by atoms with E-state index in [2.05, 4.69) is 10.1 Å². The summed E-state index contributed by atoms with van der Waals surface area (Å²) in [5, 5.41) is 4.13. The van der Waals surface area contributed by atoms with Crippen LogP contribution in [-0.2, 0) is 0 Å². The Morgan fingerprint density at radius 1 is 1.42 bits per heavy atom. The zero-order valence-corrected chi connectivity index (χ0v) is 10.7. The maximum atomic E-state index is 11.3. The van der Waals surface area contributed by atoms with Gasteiger partial charge in [0.05, 0.1) is 24.3 Å². The smallest absolute Gasteiger partial charge is 0.254 e. The SMILES string of the molecule is CC(C)n1cc(Oc2ncc(N)cc2C(N)=O)cn1. The van der Waals surface area contributed by atoms with E-state index in [0.29, 0.717) is 11.4 Å². The number of rotatable bonds is 4. The lowest BCUT2D eigenvalue weighted by molar-refractivity contribution is 0.0997. The first kappa shape index (κ1) is 12.9. The van der Waals surface area contributed by atoms with Gasteiger partial charge >= 0.3 is 0 Å². The van der Waals surface area contributed by atoms with Crippen molar-refractivity contribution in [3.8, 4) is 11.6 Å². The second-order valence-corrected chi connectivity index (χ2v) is 4.34. The molecule has 100 valence electrons. The molecule has 0 unspecified atom stereocenters. The lowest BCUT2D eigenvalue weighted by atomic mass is 10.2. The minimum Gasteiger partial charge on any atom is -0.435 e. The first-order chi connectivity index (χ1) is 8.97. The normalized spacial score (nSPS) is 10.7. The van der Waals surface area contributed by atoms with Crippen LogP contribution in [0.25, 0.3) is 0 Å². The van der Waals surface area contributed by atoms with Crippen molar-refractivity contribution in [1.82, 2.24) is 14.8 Å². The molecular formula is C12H15N5O2. The summed E-state index contributed by atoms with van der Waals surface area (Å²) in [4.78, 5) is 15.3. The molecule has 0 aromatic carbocycles. The first-order valence-corrected chi connectivity index (χ1v) is 5.74. The van der Waals surface area contributed by atoms with Crippen molar-refractivity contribution in [3.63, 3.8) is 0 Å². The molecule has 1 amide bonds. The number of carbonyl (C=O) groups excluding carboxylic acids is 1. The van der Waals surface area contributed by atoms with Crippen LogP contribution in [-0.4, -0.2) is 20.7 Å². The molecule has 0 saturated carbocycles. The number of nitrogen functional groups attached to an aromatic ring is 1. The molecule has 0 fully saturated rings. The Balaban J connectivity index is 2.29. The van der Waals surface area contributed by atoms with Crippen molar-refractivity contribution in [2.45, 2.75) is 19.9 Å². The molecule has 0 spiro atoms. The van der Waals surface area contributed by atoms with Crippen LogP contribution in [0.3, 0.4) is 0 Å². The van der Waals surface area contributed by atoms with E-state index >= 15 is 0 Å². The van der Waals surface area contributed by atoms with Gasteiger partial charge in [-0.2, -0.15) is 5.10 Å². The number of primary amides is 1. The quantitative estimate of drug-likeness (QED) is 0.862. The third-order valence-electron chi connectivity index (χ3n) is 2.46. The summed E-state index contributed by atoms with van der Waals surface area (Å²) in [6.45, 7) is 3.99. The maximum Gasteiger partial charge on any atom is 0.254 e. The summed E-state index contributed by atoms with van der Waals surface area (Å²) in [5.74, 6) is -0.0514. The van der Waals surface area contributed by atoms with Crippen LogP contribution in [0.15, 0.2) is 24.7 Å². The Labute approximate surface area is 110 Å². The monoisotopic (exact) mass is 261 g/mol. The summed E-state index contributed by atoms with van der Waals surface area (Å²) in [6.07, 6.45) is 4.66. The molecule has 7 nitrogen and oxygen atoms in total. The van der Waals surface area contributed by atoms with Gasteiger partial charge in [-0.1, -0.05) is 0 Å². The summed E-state index contributed by atoms with van der Waals surface area (Å²) < 4.78 is 7.24. The number of ether oxygens (including phenoxy) is 1. The van der Waals surface area contributed by atoms with Crippen LogP contribution >= 0.6 is 0 Å². The lowest BCUT2D eigenvalue weighted by Gasteiger charge is -2.07. The van der Waals surface area contributed by atoms with E-state index in [1.807, 2.05) is 13.8 Å². The Kier molecular flexibility index (Phi) is 3.37. The Hall–Kier alpha value is -2.57. The number of amides is 1. The number of anilines is 1. The van der Waals surface area contributed by atoms with Gasteiger partial charge in [0.2, 0.25) is 5.88 Å². The van der Waals surface area contributed by atoms with Crippen LogP contribution in [0, 0.1) is 0 Å². The van der Waals surface area contributed by atoms with E-state index in [9.17, 15) is 4.79 Å². The van der Waals surface area contributed by atoms with Gasteiger partial charge in [0.15, 0.2) is 5.75 Å².